The summed E-state index contributed by atoms with van der Waals surface area (Å²) < 4.78 is 7.61. The van der Waals surface area contributed by atoms with Crippen molar-refractivity contribution in [2.24, 2.45) is 0 Å². The number of ketones is 1. The number of benzene rings is 1. The van der Waals surface area contributed by atoms with E-state index in [0.29, 0.717) is 23.4 Å². The van der Waals surface area contributed by atoms with Gasteiger partial charge < -0.3 is 15.0 Å². The highest BCUT2D eigenvalue weighted by atomic mass is 16.5. The molecule has 1 aromatic carbocycles. The molecule has 0 spiro atoms. The first-order chi connectivity index (χ1) is 13.4. The summed E-state index contributed by atoms with van der Waals surface area (Å²) in [5, 5.41) is 8.55. The first-order valence-corrected chi connectivity index (χ1v) is 9.46. The van der Waals surface area contributed by atoms with Crippen LogP contribution in [0.15, 0.2) is 35.3 Å². The first kappa shape index (κ1) is 18.4. The van der Waals surface area contributed by atoms with E-state index in [9.17, 15) is 9.59 Å². The van der Waals surface area contributed by atoms with E-state index in [4.69, 9.17) is 9.84 Å². The van der Waals surface area contributed by atoms with Gasteiger partial charge in [-0.3, -0.25) is 14.3 Å². The molecule has 28 heavy (non-hydrogen) atoms. The Balaban J connectivity index is 1.81. The van der Waals surface area contributed by atoms with Crippen LogP contribution in [0.1, 0.15) is 42.6 Å². The number of ether oxygens (including phenoxy) is 1. The molecule has 4 rings (SSSR count). The molecular weight excluding hydrogens is 356 g/mol. The van der Waals surface area contributed by atoms with E-state index in [-0.39, 0.29) is 16.9 Å². The third-order valence-corrected chi connectivity index (χ3v) is 5.40. The number of anilines is 2. The fraction of sp³-hybridized carbons (Fsp3) is 0.381. The van der Waals surface area contributed by atoms with E-state index in [1.165, 1.54) is 0 Å². The minimum Gasteiger partial charge on any atom is -0.379 e. The Bertz CT molecular complexity index is 1110. The van der Waals surface area contributed by atoms with Crippen molar-refractivity contribution in [1.82, 2.24) is 14.8 Å². The van der Waals surface area contributed by atoms with E-state index in [0.717, 1.165) is 36.2 Å². The Kier molecular flexibility index (Phi) is 4.55. The maximum atomic E-state index is 12.6. The van der Waals surface area contributed by atoms with E-state index < -0.39 is 0 Å². The molecule has 0 aliphatic carbocycles. The third kappa shape index (κ3) is 3.11. The molecule has 3 aromatic rings. The van der Waals surface area contributed by atoms with Gasteiger partial charge in [-0.05, 0) is 63.4 Å². The van der Waals surface area contributed by atoms with E-state index in [2.05, 4.69) is 17.2 Å². The third-order valence-electron chi connectivity index (χ3n) is 5.40. The van der Waals surface area contributed by atoms with Crippen LogP contribution < -0.4 is 10.9 Å². The average Bonchev–Trinajstić information content (AvgIpc) is 3.03. The molecule has 2 aromatic heterocycles. The lowest BCUT2D eigenvalue weighted by molar-refractivity contribution is 0.00589. The molecule has 146 valence electrons. The summed E-state index contributed by atoms with van der Waals surface area (Å²) >= 11 is 0. The molecule has 0 saturated carbocycles. The summed E-state index contributed by atoms with van der Waals surface area (Å²) in [4.78, 5) is 27.0. The Morgan fingerprint density at radius 3 is 2.86 bits per heavy atom. The Morgan fingerprint density at radius 1 is 1.36 bits per heavy atom. The summed E-state index contributed by atoms with van der Waals surface area (Å²) in [6, 6.07) is 7.39. The van der Waals surface area contributed by atoms with Gasteiger partial charge in [0.1, 0.15) is 5.39 Å². The molecule has 1 aliphatic heterocycles. The molecule has 3 heterocycles. The Morgan fingerprint density at radius 2 is 2.18 bits per heavy atom. The van der Waals surface area contributed by atoms with Crippen LogP contribution in [0.4, 0.5) is 11.5 Å². The van der Waals surface area contributed by atoms with E-state index >= 15 is 0 Å². The standard InChI is InChI=1S/C21H24N4O3/c1-13-11-15(5-6-16(13)14(2)26)23-19-18-17(7-9-22-20(18)27)25(24-19)21(3)8-4-10-28-12-21/h5-7,9,11H,4,8,10,12H2,1-3H3,(H,22,27)(H,23,24). The number of aromatic amines is 1. The Labute approximate surface area is 162 Å². The van der Waals surface area contributed by atoms with Crippen molar-refractivity contribution in [1.29, 1.82) is 0 Å². The number of Topliss-reactive ketones (excluding diaryl/α,β-unsaturated/α-hetero) is 1. The van der Waals surface area contributed by atoms with Gasteiger partial charge in [-0.25, -0.2) is 0 Å². The molecule has 7 nitrogen and oxygen atoms in total. The number of fused-ring (bicyclic) bond motifs is 1. The van der Waals surface area contributed by atoms with Crippen LogP contribution in [-0.4, -0.2) is 33.8 Å². The maximum absolute atomic E-state index is 12.6. The number of aryl methyl sites for hydroxylation is 1. The van der Waals surface area contributed by atoms with Crippen LogP contribution in [0.2, 0.25) is 0 Å². The zero-order chi connectivity index (χ0) is 19.9. The van der Waals surface area contributed by atoms with Crippen LogP contribution in [0.25, 0.3) is 10.9 Å². The first-order valence-electron chi connectivity index (χ1n) is 9.46. The quantitative estimate of drug-likeness (QED) is 0.676. The highest BCUT2D eigenvalue weighted by Gasteiger charge is 2.33. The van der Waals surface area contributed by atoms with Gasteiger partial charge >= 0.3 is 0 Å². The number of H-pyrrole nitrogens is 1. The Hall–Kier alpha value is -2.93. The number of nitrogens with one attached hydrogen (secondary N) is 2. The number of hydrogen-bond acceptors (Lipinski definition) is 5. The predicted molar refractivity (Wildman–Crippen MR) is 109 cm³/mol. The van der Waals surface area contributed by atoms with Gasteiger partial charge in [0.15, 0.2) is 11.6 Å². The minimum atomic E-state index is -0.307. The summed E-state index contributed by atoms with van der Waals surface area (Å²) in [5.74, 6) is 0.527. The number of hydrogen-bond donors (Lipinski definition) is 2. The second-order valence-electron chi connectivity index (χ2n) is 7.69. The lowest BCUT2D eigenvalue weighted by Crippen LogP contribution is -2.39. The normalized spacial score (nSPS) is 19.7. The fourth-order valence-electron chi connectivity index (χ4n) is 3.94. The second-order valence-corrected chi connectivity index (χ2v) is 7.69. The van der Waals surface area contributed by atoms with Crippen molar-refractivity contribution in [3.63, 3.8) is 0 Å². The van der Waals surface area contributed by atoms with Gasteiger partial charge in [-0.15, -0.1) is 0 Å². The van der Waals surface area contributed by atoms with Gasteiger partial charge in [0.05, 0.1) is 17.7 Å². The lowest BCUT2D eigenvalue weighted by Gasteiger charge is -2.34. The number of pyridine rings is 1. The summed E-state index contributed by atoms with van der Waals surface area (Å²) in [6.45, 7) is 6.86. The molecular formula is C21H24N4O3. The average molecular weight is 380 g/mol. The van der Waals surface area contributed by atoms with Gasteiger partial charge in [0, 0.05) is 24.1 Å². The molecule has 0 amide bonds. The van der Waals surface area contributed by atoms with Crippen LogP contribution in [0, 0.1) is 6.92 Å². The molecule has 7 heteroatoms. The molecule has 1 saturated heterocycles. The summed E-state index contributed by atoms with van der Waals surface area (Å²) in [6.07, 6.45) is 3.53. The number of carbonyl (C=O) groups is 1. The van der Waals surface area contributed by atoms with Crippen LogP contribution in [0.3, 0.4) is 0 Å². The molecule has 2 N–H and O–H groups in total. The molecule has 1 aliphatic rings. The van der Waals surface area contributed by atoms with Gasteiger partial charge in [0.25, 0.3) is 5.56 Å². The number of aromatic nitrogens is 3. The lowest BCUT2D eigenvalue weighted by atomic mass is 9.95. The van der Waals surface area contributed by atoms with Crippen molar-refractivity contribution in [3.05, 3.63) is 51.9 Å². The van der Waals surface area contributed by atoms with Crippen molar-refractivity contribution >= 4 is 28.2 Å². The highest BCUT2D eigenvalue weighted by molar-refractivity contribution is 5.96. The predicted octanol–water partition coefficient (Wildman–Crippen LogP) is 3.50. The van der Waals surface area contributed by atoms with Crippen LogP contribution in [0.5, 0.6) is 0 Å². The fourth-order valence-corrected chi connectivity index (χ4v) is 3.94. The zero-order valence-corrected chi connectivity index (χ0v) is 16.3. The van der Waals surface area contributed by atoms with Crippen molar-refractivity contribution < 1.29 is 9.53 Å². The van der Waals surface area contributed by atoms with Crippen LogP contribution >= 0.6 is 0 Å². The maximum Gasteiger partial charge on any atom is 0.261 e. The number of carbonyl (C=O) groups excluding carboxylic acids is 1. The summed E-state index contributed by atoms with van der Waals surface area (Å²) in [7, 11) is 0. The smallest absolute Gasteiger partial charge is 0.261 e. The van der Waals surface area contributed by atoms with E-state index in [1.54, 1.807) is 19.2 Å². The molecule has 0 radical (unpaired) electrons. The highest BCUT2D eigenvalue weighted by Crippen LogP contribution is 2.33. The SMILES string of the molecule is CC(=O)c1ccc(Nc2nn(C3(C)CCCOC3)c3cc[nH]c(=O)c23)cc1C. The van der Waals surface area contributed by atoms with Crippen molar-refractivity contribution in [2.75, 3.05) is 18.5 Å². The summed E-state index contributed by atoms with van der Waals surface area (Å²) in [5.41, 5.74) is 2.62. The molecule has 1 fully saturated rings. The zero-order valence-electron chi connectivity index (χ0n) is 16.3. The van der Waals surface area contributed by atoms with E-state index in [1.807, 2.05) is 29.8 Å². The largest absolute Gasteiger partial charge is 0.379 e. The van der Waals surface area contributed by atoms with Gasteiger partial charge in [-0.1, -0.05) is 0 Å². The van der Waals surface area contributed by atoms with Crippen LogP contribution in [-0.2, 0) is 10.3 Å². The monoisotopic (exact) mass is 380 g/mol. The molecule has 0 bridgehead atoms. The second kappa shape index (κ2) is 6.91. The van der Waals surface area contributed by atoms with Gasteiger partial charge in [-0.2, -0.15) is 5.10 Å². The topological polar surface area (TPSA) is 89.0 Å². The number of rotatable bonds is 4. The van der Waals surface area contributed by atoms with Gasteiger partial charge in [0.2, 0.25) is 0 Å². The molecule has 1 unspecified atom stereocenters. The minimum absolute atomic E-state index is 0.0282. The van der Waals surface area contributed by atoms with Crippen molar-refractivity contribution in [2.45, 2.75) is 39.2 Å². The molecule has 1 atom stereocenters. The van der Waals surface area contributed by atoms with Crippen molar-refractivity contribution in [3.8, 4) is 0 Å². The number of nitrogens with zero attached hydrogens (tertiary/aromatic N) is 2.